The number of para-hydroxylation sites is 1. The van der Waals surface area contributed by atoms with Crippen molar-refractivity contribution in [3.05, 3.63) is 137 Å². The molecule has 0 fully saturated rings. The number of benzodiazepines with no additional fused rings is 1. The summed E-state index contributed by atoms with van der Waals surface area (Å²) >= 11 is 3.42. The molecule has 0 spiro atoms. The van der Waals surface area contributed by atoms with Crippen LogP contribution in [0, 0.1) is 17.5 Å². The summed E-state index contributed by atoms with van der Waals surface area (Å²) in [6.45, 7) is 0. The lowest BCUT2D eigenvalue weighted by atomic mass is 9.81. The van der Waals surface area contributed by atoms with Gasteiger partial charge in [0, 0.05) is 29.4 Å². The van der Waals surface area contributed by atoms with Crippen LogP contribution < -0.4 is 10.2 Å². The van der Waals surface area contributed by atoms with E-state index in [0.717, 1.165) is 23.3 Å². The lowest BCUT2D eigenvalue weighted by Crippen LogP contribution is -2.48. The number of halogens is 4. The summed E-state index contributed by atoms with van der Waals surface area (Å²) in [5.41, 5.74) is 3.43. The van der Waals surface area contributed by atoms with Crippen LogP contribution >= 0.6 is 15.9 Å². The lowest BCUT2D eigenvalue weighted by molar-refractivity contribution is -0.128. The third kappa shape index (κ3) is 5.81. The van der Waals surface area contributed by atoms with Gasteiger partial charge >= 0.3 is 0 Å². The number of anilines is 1. The zero-order valence-electron chi connectivity index (χ0n) is 21.9. The highest BCUT2D eigenvalue weighted by atomic mass is 79.9. The van der Waals surface area contributed by atoms with Gasteiger partial charge in [0.15, 0.2) is 11.6 Å². The fourth-order valence-corrected chi connectivity index (χ4v) is 5.76. The number of alkyl halides is 1. The molecule has 0 radical (unpaired) electrons. The van der Waals surface area contributed by atoms with Gasteiger partial charge in [0.1, 0.15) is 5.82 Å². The van der Waals surface area contributed by atoms with Crippen LogP contribution in [-0.2, 0) is 9.59 Å². The maximum atomic E-state index is 14.2. The van der Waals surface area contributed by atoms with E-state index in [0.29, 0.717) is 22.5 Å². The highest BCUT2D eigenvalue weighted by Crippen LogP contribution is 2.36. The molecule has 5 nitrogen and oxygen atoms in total. The molecule has 5 rings (SSSR count). The molecule has 208 valence electrons. The Morgan fingerprint density at radius 2 is 1.56 bits per heavy atom. The Bertz CT molecular complexity index is 1610. The third-order valence-corrected chi connectivity index (χ3v) is 7.82. The Hall–Kier alpha value is -4.24. The number of fused-ring (bicyclic) bond motifs is 1. The summed E-state index contributed by atoms with van der Waals surface area (Å²) in [4.78, 5) is 33.9. The smallest absolute Gasteiger partial charge is 0.272 e. The number of aliphatic imine (C=N–C) groups is 1. The molecule has 1 aliphatic heterocycles. The Morgan fingerprint density at radius 1 is 0.902 bits per heavy atom. The summed E-state index contributed by atoms with van der Waals surface area (Å²) in [5, 5.41) is 2.99. The number of amides is 2. The molecule has 0 saturated heterocycles. The number of rotatable bonds is 7. The maximum absolute atomic E-state index is 14.2. The SMILES string of the molecule is CN1C(=O)[C@@H](NC(=O)[C@H](c2ccc(F)cc2)[C@@H](CBr)c2ccc(F)c(F)c2)N=C(c2ccccc2)c2ccccc21. The second-order valence-electron chi connectivity index (χ2n) is 9.63. The minimum atomic E-state index is -1.29. The van der Waals surface area contributed by atoms with Crippen molar-refractivity contribution < 1.29 is 22.8 Å². The fraction of sp³-hybridized carbons (Fsp3) is 0.156. The first-order chi connectivity index (χ1) is 19.8. The quantitative estimate of drug-likeness (QED) is 0.246. The van der Waals surface area contributed by atoms with Crippen molar-refractivity contribution in [3.63, 3.8) is 0 Å². The van der Waals surface area contributed by atoms with Crippen LogP contribution in [0.15, 0.2) is 102 Å². The Balaban J connectivity index is 1.58. The van der Waals surface area contributed by atoms with Gasteiger partial charge in [-0.1, -0.05) is 82.7 Å². The molecule has 0 unspecified atom stereocenters. The molecule has 41 heavy (non-hydrogen) atoms. The van der Waals surface area contributed by atoms with Gasteiger partial charge in [0.2, 0.25) is 12.1 Å². The number of hydrogen-bond acceptors (Lipinski definition) is 3. The van der Waals surface area contributed by atoms with E-state index in [1.165, 1.54) is 35.2 Å². The van der Waals surface area contributed by atoms with E-state index in [4.69, 9.17) is 4.99 Å². The molecular formula is C32H25BrF3N3O2. The molecule has 0 bridgehead atoms. The van der Waals surface area contributed by atoms with E-state index in [2.05, 4.69) is 21.2 Å². The fourth-order valence-electron chi connectivity index (χ4n) is 5.02. The van der Waals surface area contributed by atoms with E-state index in [1.54, 1.807) is 13.1 Å². The summed E-state index contributed by atoms with van der Waals surface area (Å²) in [6, 6.07) is 25.5. The Morgan fingerprint density at radius 3 is 2.24 bits per heavy atom. The van der Waals surface area contributed by atoms with Gasteiger partial charge < -0.3 is 10.2 Å². The van der Waals surface area contributed by atoms with Gasteiger partial charge in [0.25, 0.3) is 5.91 Å². The Labute approximate surface area is 243 Å². The summed E-state index contributed by atoms with van der Waals surface area (Å²) in [5.74, 6) is -5.30. The number of hydrogen-bond donors (Lipinski definition) is 1. The van der Waals surface area contributed by atoms with Gasteiger partial charge in [-0.2, -0.15) is 0 Å². The summed E-state index contributed by atoms with van der Waals surface area (Å²) in [7, 11) is 1.61. The minimum absolute atomic E-state index is 0.191. The summed E-state index contributed by atoms with van der Waals surface area (Å²) < 4.78 is 41.8. The zero-order chi connectivity index (χ0) is 29.1. The second-order valence-corrected chi connectivity index (χ2v) is 10.3. The molecule has 4 aromatic carbocycles. The van der Waals surface area contributed by atoms with Crippen molar-refractivity contribution in [2.24, 2.45) is 4.99 Å². The highest BCUT2D eigenvalue weighted by molar-refractivity contribution is 9.09. The van der Waals surface area contributed by atoms with E-state index in [1.807, 2.05) is 48.5 Å². The summed E-state index contributed by atoms with van der Waals surface area (Å²) in [6.07, 6.45) is -1.29. The normalized spacial score (nSPS) is 16.3. The predicted octanol–water partition coefficient (Wildman–Crippen LogP) is 6.32. The van der Waals surface area contributed by atoms with Crippen LogP contribution in [0.3, 0.4) is 0 Å². The molecule has 3 atom stereocenters. The number of benzene rings is 4. The monoisotopic (exact) mass is 619 g/mol. The molecule has 4 aromatic rings. The molecule has 0 saturated carbocycles. The molecular weight excluding hydrogens is 595 g/mol. The number of likely N-dealkylation sites (N-methyl/N-ethyl adjacent to an activating group) is 1. The standard InChI is InChI=1S/C32H25BrF3N3O2/c1-39-27-10-6-5-9-23(27)29(20-7-3-2-4-8-20)37-30(32(39)41)38-31(40)28(19-11-14-22(34)15-12-19)24(18-33)21-13-16-25(35)26(36)17-21/h2-17,24,28,30H,18H2,1H3,(H,38,40)/t24-,28+,30+/m0/s1. The first-order valence-corrected chi connectivity index (χ1v) is 14.0. The predicted molar refractivity (Wildman–Crippen MR) is 156 cm³/mol. The van der Waals surface area contributed by atoms with E-state index < -0.39 is 47.3 Å². The number of nitrogens with zero attached hydrogens (tertiary/aromatic N) is 2. The first-order valence-electron chi connectivity index (χ1n) is 12.9. The minimum Gasteiger partial charge on any atom is -0.326 e. The van der Waals surface area contributed by atoms with Crippen molar-refractivity contribution >= 4 is 39.1 Å². The average Bonchev–Trinajstić information content (AvgIpc) is 3.09. The van der Waals surface area contributed by atoms with Gasteiger partial charge in [0.05, 0.1) is 17.3 Å². The van der Waals surface area contributed by atoms with Gasteiger partial charge in [-0.15, -0.1) is 0 Å². The van der Waals surface area contributed by atoms with Gasteiger partial charge in [-0.05, 0) is 41.5 Å². The molecule has 0 aromatic heterocycles. The number of carbonyl (C=O) groups is 2. The highest BCUT2D eigenvalue weighted by Gasteiger charge is 2.36. The van der Waals surface area contributed by atoms with E-state index >= 15 is 0 Å². The van der Waals surface area contributed by atoms with E-state index in [9.17, 15) is 22.8 Å². The lowest BCUT2D eigenvalue weighted by Gasteiger charge is -2.28. The van der Waals surface area contributed by atoms with Crippen molar-refractivity contribution in [2.45, 2.75) is 18.0 Å². The average molecular weight is 620 g/mol. The first kappa shape index (κ1) is 28.3. The van der Waals surface area contributed by atoms with Gasteiger partial charge in [-0.3, -0.25) is 9.59 Å². The molecule has 1 heterocycles. The number of carbonyl (C=O) groups excluding carboxylic acids is 2. The molecule has 1 N–H and O–H groups in total. The van der Waals surface area contributed by atoms with Crippen LogP contribution in [-0.4, -0.2) is 36.1 Å². The van der Waals surface area contributed by atoms with Crippen molar-refractivity contribution in [1.82, 2.24) is 5.32 Å². The molecule has 1 aliphatic rings. The van der Waals surface area contributed by atoms with Gasteiger partial charge in [-0.25, -0.2) is 18.2 Å². The van der Waals surface area contributed by atoms with Crippen LogP contribution in [0.4, 0.5) is 18.9 Å². The zero-order valence-corrected chi connectivity index (χ0v) is 23.5. The maximum Gasteiger partial charge on any atom is 0.272 e. The molecule has 9 heteroatoms. The second kappa shape index (κ2) is 12.1. The largest absolute Gasteiger partial charge is 0.326 e. The molecule has 2 amide bonds. The van der Waals surface area contributed by atoms with Crippen molar-refractivity contribution in [3.8, 4) is 0 Å². The van der Waals surface area contributed by atoms with Crippen molar-refractivity contribution in [2.75, 3.05) is 17.3 Å². The third-order valence-electron chi connectivity index (χ3n) is 7.12. The van der Waals surface area contributed by atoms with Crippen LogP contribution in [0.25, 0.3) is 0 Å². The van der Waals surface area contributed by atoms with Crippen LogP contribution in [0.2, 0.25) is 0 Å². The van der Waals surface area contributed by atoms with E-state index in [-0.39, 0.29) is 5.33 Å². The van der Waals surface area contributed by atoms with Crippen LogP contribution in [0.1, 0.15) is 34.1 Å². The number of nitrogens with one attached hydrogen (secondary N) is 1. The molecule has 0 aliphatic carbocycles. The van der Waals surface area contributed by atoms with Crippen molar-refractivity contribution in [1.29, 1.82) is 0 Å². The van der Waals surface area contributed by atoms with Crippen LogP contribution in [0.5, 0.6) is 0 Å². The Kier molecular flexibility index (Phi) is 8.35. The topological polar surface area (TPSA) is 61.8 Å².